The molecule has 7 rings (SSSR count). The van der Waals surface area contributed by atoms with Gasteiger partial charge in [0.15, 0.2) is 0 Å². The number of carbonyl (C=O) groups is 1. The maximum absolute atomic E-state index is 12.7. The number of H-pyrrole nitrogens is 2. The standard InChI is InChI=1S/C22H28N4O6.C17H21N3O4/c1-2-30-22(29)23-15-8-10-16(11-9-15)26-32-21-24-19(28)18-14(5-3-4-13-6-7-13)12-17(27)31-20(18)25-21;1-2-3-7-11-10-13(21)23-16-14(11)15(22)18-17(19-16)24-20-12-8-5-4-6-9-12/h12-13,15H,2-11H2,1H3,(H,23,29)(H,24,25,28);10H,2-9H2,1H3,(H,18,19,22). The van der Waals surface area contributed by atoms with Crippen molar-refractivity contribution in [3.05, 3.63) is 64.8 Å². The summed E-state index contributed by atoms with van der Waals surface area (Å²) in [5.41, 5.74) is 1.16. The van der Waals surface area contributed by atoms with Crippen molar-refractivity contribution in [2.45, 2.75) is 129 Å². The summed E-state index contributed by atoms with van der Waals surface area (Å²) in [7, 11) is 0. The summed E-state index contributed by atoms with van der Waals surface area (Å²) in [5.74, 6) is 0.785. The summed E-state index contributed by atoms with van der Waals surface area (Å²) >= 11 is 0. The number of aromatic amines is 2. The van der Waals surface area contributed by atoms with Crippen molar-refractivity contribution < 1.29 is 28.0 Å². The van der Waals surface area contributed by atoms with E-state index in [2.05, 4.69) is 35.6 Å². The molecule has 56 heavy (non-hydrogen) atoms. The fourth-order valence-electron chi connectivity index (χ4n) is 6.89. The van der Waals surface area contributed by atoms with Crippen molar-refractivity contribution in [1.29, 1.82) is 0 Å². The average Bonchev–Trinajstić information content (AvgIpc) is 4.00. The smallest absolute Gasteiger partial charge is 0.407 e. The lowest BCUT2D eigenvalue weighted by Gasteiger charge is -2.23. The van der Waals surface area contributed by atoms with Gasteiger partial charge in [0.1, 0.15) is 10.8 Å². The summed E-state index contributed by atoms with van der Waals surface area (Å²) in [5, 5.41) is 11.6. The lowest BCUT2D eigenvalue weighted by molar-refractivity contribution is 0.146. The van der Waals surface area contributed by atoms with Gasteiger partial charge in [-0.1, -0.05) is 49.3 Å². The molecule has 3 N–H and O–H groups in total. The van der Waals surface area contributed by atoms with Crippen molar-refractivity contribution in [1.82, 2.24) is 25.3 Å². The summed E-state index contributed by atoms with van der Waals surface area (Å²) < 4.78 is 15.1. The quantitative estimate of drug-likeness (QED) is 0.134. The molecule has 0 atom stereocenters. The molecule has 3 aliphatic carbocycles. The highest BCUT2D eigenvalue weighted by Gasteiger charge is 2.22. The summed E-state index contributed by atoms with van der Waals surface area (Å²) in [6.07, 6.45) is 15.1. The highest BCUT2D eigenvalue weighted by atomic mass is 16.6. The van der Waals surface area contributed by atoms with Crippen molar-refractivity contribution in [2.24, 2.45) is 16.2 Å². The van der Waals surface area contributed by atoms with Crippen molar-refractivity contribution in [3.8, 4) is 12.0 Å². The van der Waals surface area contributed by atoms with Gasteiger partial charge in [-0.2, -0.15) is 9.97 Å². The molecule has 3 fully saturated rings. The van der Waals surface area contributed by atoms with Gasteiger partial charge in [-0.05, 0) is 101 Å². The Balaban J connectivity index is 0.000000198. The van der Waals surface area contributed by atoms with Gasteiger partial charge in [-0.15, -0.1) is 0 Å². The first-order chi connectivity index (χ1) is 27.2. The van der Waals surface area contributed by atoms with Crippen LogP contribution in [0.1, 0.15) is 121 Å². The third-order valence-electron chi connectivity index (χ3n) is 10.0. The third kappa shape index (κ3) is 11.2. The number of rotatable bonds is 13. The summed E-state index contributed by atoms with van der Waals surface area (Å²) in [4.78, 5) is 84.2. The van der Waals surface area contributed by atoms with Gasteiger partial charge in [0.25, 0.3) is 11.1 Å². The Labute approximate surface area is 321 Å². The number of fused-ring (bicyclic) bond motifs is 2. The number of hydrogen-bond donors (Lipinski definition) is 3. The zero-order valence-electron chi connectivity index (χ0n) is 31.9. The number of oxime groups is 2. The van der Waals surface area contributed by atoms with Crippen LogP contribution in [0.25, 0.3) is 22.2 Å². The van der Waals surface area contributed by atoms with E-state index in [-0.39, 0.29) is 40.4 Å². The van der Waals surface area contributed by atoms with E-state index in [0.717, 1.165) is 68.7 Å². The minimum Gasteiger partial charge on any atom is -0.450 e. The van der Waals surface area contributed by atoms with Gasteiger partial charge >= 0.3 is 29.4 Å². The Morgan fingerprint density at radius 2 is 1.30 bits per heavy atom. The molecule has 17 nitrogen and oxygen atoms in total. The molecule has 4 aromatic rings. The maximum Gasteiger partial charge on any atom is 0.407 e. The summed E-state index contributed by atoms with van der Waals surface area (Å²) in [6.45, 7) is 4.14. The van der Waals surface area contributed by atoms with Crippen molar-refractivity contribution >= 4 is 39.7 Å². The number of aromatic nitrogens is 4. The van der Waals surface area contributed by atoms with E-state index in [9.17, 15) is 24.0 Å². The fraction of sp³-hybridized carbons (Fsp3) is 0.564. The second-order valence-corrected chi connectivity index (χ2v) is 14.4. The van der Waals surface area contributed by atoms with E-state index >= 15 is 0 Å². The first-order valence-corrected chi connectivity index (χ1v) is 19.7. The molecule has 0 aromatic carbocycles. The molecular formula is C39H49N7O10. The highest BCUT2D eigenvalue weighted by molar-refractivity contribution is 5.85. The SMILES string of the molecule is CCCCc1cc(=O)oc2nc(ON=C3CCCCC3)[nH]c(=O)c12.CCOC(=O)NC1CCC(=NOc2nc3oc(=O)cc(CCCC4CC4)c3c(=O)[nH]2)CC1. The number of nitrogens with zero attached hydrogens (tertiary/aromatic N) is 4. The van der Waals surface area contributed by atoms with Crippen molar-refractivity contribution in [2.75, 3.05) is 6.61 Å². The van der Waals surface area contributed by atoms with E-state index in [1.54, 1.807) is 6.92 Å². The Morgan fingerprint density at radius 3 is 1.82 bits per heavy atom. The van der Waals surface area contributed by atoms with Crippen LogP contribution in [0.2, 0.25) is 0 Å². The Bertz CT molecular complexity index is 2290. The molecule has 4 aromatic heterocycles. The van der Waals surface area contributed by atoms with Crippen LogP contribution in [0.3, 0.4) is 0 Å². The largest absolute Gasteiger partial charge is 0.450 e. The fourth-order valence-corrected chi connectivity index (χ4v) is 6.89. The number of hydrogen-bond acceptors (Lipinski definition) is 14. The van der Waals surface area contributed by atoms with Crippen LogP contribution in [0.4, 0.5) is 4.79 Å². The molecule has 0 radical (unpaired) electrons. The van der Waals surface area contributed by atoms with Gasteiger partial charge in [0.2, 0.25) is 11.4 Å². The molecule has 0 saturated heterocycles. The molecule has 3 saturated carbocycles. The number of carbonyl (C=O) groups excluding carboxylic acids is 1. The second kappa shape index (κ2) is 19.3. The Hall–Kier alpha value is -5.61. The Kier molecular flexibility index (Phi) is 13.8. The van der Waals surface area contributed by atoms with E-state index < -0.39 is 22.9 Å². The minimum absolute atomic E-state index is 0.00352. The lowest BCUT2D eigenvalue weighted by Crippen LogP contribution is -2.38. The topological polar surface area (TPSA) is 233 Å². The van der Waals surface area contributed by atoms with E-state index in [4.69, 9.17) is 23.2 Å². The zero-order chi connectivity index (χ0) is 39.4. The second-order valence-electron chi connectivity index (χ2n) is 14.4. The van der Waals surface area contributed by atoms with Crippen LogP contribution in [-0.4, -0.2) is 50.1 Å². The van der Waals surface area contributed by atoms with Gasteiger partial charge in [-0.3, -0.25) is 19.6 Å². The number of amides is 1. The van der Waals surface area contributed by atoms with Gasteiger partial charge < -0.3 is 28.6 Å². The number of ether oxygens (including phenoxy) is 1. The number of unbranched alkanes of at least 4 members (excludes halogenated alkanes) is 1. The third-order valence-corrected chi connectivity index (χ3v) is 10.0. The molecular weight excluding hydrogens is 726 g/mol. The Morgan fingerprint density at radius 1 is 0.768 bits per heavy atom. The molecule has 4 heterocycles. The molecule has 17 heteroatoms. The van der Waals surface area contributed by atoms with Crippen LogP contribution >= 0.6 is 0 Å². The molecule has 0 unspecified atom stereocenters. The van der Waals surface area contributed by atoms with Crippen LogP contribution in [0.5, 0.6) is 12.0 Å². The number of aryl methyl sites for hydroxylation is 2. The number of alkyl carbamates (subject to hydrolysis) is 1. The monoisotopic (exact) mass is 775 g/mol. The van der Waals surface area contributed by atoms with Crippen molar-refractivity contribution in [3.63, 3.8) is 0 Å². The highest BCUT2D eigenvalue weighted by Crippen LogP contribution is 2.34. The van der Waals surface area contributed by atoms with Crippen LogP contribution in [0.15, 0.2) is 50.5 Å². The normalized spacial score (nSPS) is 16.9. The van der Waals surface area contributed by atoms with E-state index in [1.807, 2.05) is 6.92 Å². The zero-order valence-corrected chi connectivity index (χ0v) is 31.9. The molecule has 0 bridgehead atoms. The van der Waals surface area contributed by atoms with Gasteiger partial charge in [0, 0.05) is 18.2 Å². The van der Waals surface area contributed by atoms with E-state index in [0.29, 0.717) is 61.6 Å². The van der Waals surface area contributed by atoms with Gasteiger partial charge in [-0.25, -0.2) is 14.4 Å². The molecule has 0 spiro atoms. The predicted octanol–water partition coefficient (Wildman–Crippen LogP) is 5.95. The molecule has 0 aliphatic heterocycles. The maximum atomic E-state index is 12.7. The molecule has 300 valence electrons. The van der Waals surface area contributed by atoms with Crippen LogP contribution < -0.4 is 37.4 Å². The minimum atomic E-state index is -0.540. The first kappa shape index (κ1) is 40.1. The van der Waals surface area contributed by atoms with Crippen LogP contribution in [0, 0.1) is 5.92 Å². The first-order valence-electron chi connectivity index (χ1n) is 19.7. The molecule has 1 amide bonds. The molecule has 3 aliphatic rings. The summed E-state index contributed by atoms with van der Waals surface area (Å²) in [6, 6.07) is 2.58. The lowest BCUT2D eigenvalue weighted by atomic mass is 9.94. The average molecular weight is 776 g/mol. The van der Waals surface area contributed by atoms with E-state index in [1.165, 1.54) is 31.4 Å². The number of nitrogens with one attached hydrogen (secondary N) is 3. The van der Waals surface area contributed by atoms with Gasteiger partial charge in [0.05, 0.1) is 18.0 Å². The van der Waals surface area contributed by atoms with Crippen LogP contribution in [-0.2, 0) is 17.6 Å². The predicted molar refractivity (Wildman–Crippen MR) is 208 cm³/mol.